The normalized spacial score (nSPS) is 11.5. The number of methoxy groups -OCH3 is 1. The van der Waals surface area contributed by atoms with E-state index in [9.17, 15) is 13.2 Å². The number of thiophene rings is 1. The van der Waals surface area contributed by atoms with Gasteiger partial charge in [0.1, 0.15) is 12.3 Å². The molecule has 0 saturated carbocycles. The summed E-state index contributed by atoms with van der Waals surface area (Å²) in [4.78, 5) is 13.5. The smallest absolute Gasteiger partial charge is 0.264 e. The summed E-state index contributed by atoms with van der Waals surface area (Å²) in [7, 11) is -2.69. The number of sulfonamides is 1. The second kappa shape index (κ2) is 9.95. The van der Waals surface area contributed by atoms with Gasteiger partial charge in [-0.05, 0) is 48.7 Å². The van der Waals surface area contributed by atoms with E-state index in [4.69, 9.17) is 16.3 Å². The quantitative estimate of drug-likeness (QED) is 0.391. The molecule has 2 aromatic carbocycles. The Morgan fingerprint density at radius 2 is 1.97 bits per heavy atom. The van der Waals surface area contributed by atoms with Crippen molar-refractivity contribution < 1.29 is 17.9 Å². The van der Waals surface area contributed by atoms with Crippen molar-refractivity contribution in [3.63, 3.8) is 0 Å². The Morgan fingerprint density at radius 1 is 1.23 bits per heavy atom. The first-order valence-corrected chi connectivity index (χ1v) is 11.8. The summed E-state index contributed by atoms with van der Waals surface area (Å²) in [6.07, 6.45) is 1.49. The summed E-state index contributed by atoms with van der Waals surface area (Å²) in [5.74, 6) is -0.361. The maximum absolute atomic E-state index is 13.4. The van der Waals surface area contributed by atoms with E-state index in [2.05, 4.69) is 10.5 Å². The lowest BCUT2D eigenvalue weighted by Crippen LogP contribution is -2.39. The number of ether oxygens (including phenoxy) is 1. The number of anilines is 1. The number of hydrazone groups is 1. The molecule has 0 unspecified atom stereocenters. The first kappa shape index (κ1) is 22.8. The number of halogens is 1. The second-order valence-electron chi connectivity index (χ2n) is 6.45. The zero-order valence-corrected chi connectivity index (χ0v) is 19.2. The fraction of sp³-hybridized carbons (Fsp3) is 0.143. The SMILES string of the molecule is COc1ccc(Cl)cc1N(CC(=O)N/N=C/c1cccs1)S(=O)(=O)c1ccc(C)cc1. The highest BCUT2D eigenvalue weighted by Gasteiger charge is 2.29. The van der Waals surface area contributed by atoms with Gasteiger partial charge in [-0.15, -0.1) is 11.3 Å². The van der Waals surface area contributed by atoms with Crippen LogP contribution in [0.4, 0.5) is 5.69 Å². The molecule has 0 aliphatic heterocycles. The highest BCUT2D eigenvalue weighted by Crippen LogP contribution is 2.34. The van der Waals surface area contributed by atoms with Crippen molar-refractivity contribution in [1.29, 1.82) is 0 Å². The molecule has 0 bridgehead atoms. The van der Waals surface area contributed by atoms with E-state index < -0.39 is 22.5 Å². The van der Waals surface area contributed by atoms with Crippen LogP contribution in [0.5, 0.6) is 5.75 Å². The highest BCUT2D eigenvalue weighted by atomic mass is 35.5. The Bertz CT molecular complexity index is 1180. The number of aryl methyl sites for hydroxylation is 1. The van der Waals surface area contributed by atoms with Gasteiger partial charge in [0.05, 0.1) is 23.9 Å². The van der Waals surface area contributed by atoms with Crippen molar-refractivity contribution >= 4 is 50.8 Å². The molecule has 3 rings (SSSR count). The number of nitrogens with zero attached hydrogens (tertiary/aromatic N) is 2. The van der Waals surface area contributed by atoms with Crippen LogP contribution in [0.15, 0.2) is 70.0 Å². The lowest BCUT2D eigenvalue weighted by molar-refractivity contribution is -0.119. The molecule has 1 N–H and O–H groups in total. The van der Waals surface area contributed by atoms with E-state index >= 15 is 0 Å². The summed E-state index contributed by atoms with van der Waals surface area (Å²) in [6.45, 7) is 1.34. The van der Waals surface area contributed by atoms with Gasteiger partial charge in [0.15, 0.2) is 0 Å². The summed E-state index contributed by atoms with van der Waals surface area (Å²) >= 11 is 7.57. The van der Waals surface area contributed by atoms with E-state index in [0.29, 0.717) is 5.02 Å². The van der Waals surface area contributed by atoms with E-state index in [1.165, 1.54) is 42.9 Å². The van der Waals surface area contributed by atoms with Crippen LogP contribution in [0.3, 0.4) is 0 Å². The Morgan fingerprint density at radius 3 is 2.61 bits per heavy atom. The van der Waals surface area contributed by atoms with E-state index in [0.717, 1.165) is 14.7 Å². The first-order chi connectivity index (χ1) is 14.8. The van der Waals surface area contributed by atoms with Crippen molar-refractivity contribution in [2.24, 2.45) is 5.10 Å². The average molecular weight is 478 g/mol. The molecule has 0 aliphatic carbocycles. The maximum atomic E-state index is 13.4. The molecule has 1 amide bonds. The topological polar surface area (TPSA) is 88.1 Å². The number of hydrogen-bond acceptors (Lipinski definition) is 6. The third-order valence-electron chi connectivity index (χ3n) is 4.23. The van der Waals surface area contributed by atoms with Gasteiger partial charge in [-0.25, -0.2) is 13.8 Å². The molecule has 0 saturated heterocycles. The lowest BCUT2D eigenvalue weighted by Gasteiger charge is -2.25. The predicted octanol–water partition coefficient (Wildman–Crippen LogP) is 4.06. The van der Waals surface area contributed by atoms with Crippen molar-refractivity contribution in [3.8, 4) is 5.75 Å². The van der Waals surface area contributed by atoms with Crippen molar-refractivity contribution in [2.75, 3.05) is 18.0 Å². The maximum Gasteiger partial charge on any atom is 0.264 e. The number of benzene rings is 2. The molecule has 0 aliphatic rings. The van der Waals surface area contributed by atoms with Gasteiger partial charge < -0.3 is 4.74 Å². The van der Waals surface area contributed by atoms with Gasteiger partial charge in [0, 0.05) is 9.90 Å². The molecule has 0 atom stereocenters. The monoisotopic (exact) mass is 477 g/mol. The van der Waals surface area contributed by atoms with Gasteiger partial charge in [0.2, 0.25) is 0 Å². The number of carbonyl (C=O) groups excluding carboxylic acids is 1. The van der Waals surface area contributed by atoms with Crippen LogP contribution < -0.4 is 14.5 Å². The molecule has 0 spiro atoms. The van der Waals surface area contributed by atoms with Crippen LogP contribution in [-0.4, -0.2) is 34.2 Å². The zero-order valence-electron chi connectivity index (χ0n) is 16.8. The molecule has 0 fully saturated rings. The molecule has 1 heterocycles. The van der Waals surface area contributed by atoms with Crippen LogP contribution in [0.2, 0.25) is 5.02 Å². The van der Waals surface area contributed by atoms with Gasteiger partial charge in [-0.1, -0.05) is 35.4 Å². The third-order valence-corrected chi connectivity index (χ3v) is 7.05. The number of hydrogen-bond donors (Lipinski definition) is 1. The first-order valence-electron chi connectivity index (χ1n) is 9.09. The fourth-order valence-electron chi connectivity index (χ4n) is 2.69. The minimum atomic E-state index is -4.10. The molecule has 10 heteroatoms. The molecular formula is C21H20ClN3O4S2. The Labute approximate surface area is 190 Å². The number of carbonyl (C=O) groups is 1. The average Bonchev–Trinajstić information content (AvgIpc) is 3.26. The van der Waals surface area contributed by atoms with Crippen LogP contribution in [-0.2, 0) is 14.8 Å². The Balaban J connectivity index is 1.95. The zero-order chi connectivity index (χ0) is 22.4. The summed E-state index contributed by atoms with van der Waals surface area (Å²) in [6, 6.07) is 14.6. The summed E-state index contributed by atoms with van der Waals surface area (Å²) in [5.41, 5.74) is 3.42. The molecule has 7 nitrogen and oxygen atoms in total. The number of rotatable bonds is 8. The molecule has 3 aromatic rings. The molecular weight excluding hydrogens is 458 g/mol. The molecule has 1 aromatic heterocycles. The van der Waals surface area contributed by atoms with Crippen LogP contribution in [0.25, 0.3) is 0 Å². The van der Waals surface area contributed by atoms with Crippen molar-refractivity contribution in [3.05, 3.63) is 75.4 Å². The molecule has 162 valence electrons. The van der Waals surface area contributed by atoms with Gasteiger partial charge >= 0.3 is 0 Å². The summed E-state index contributed by atoms with van der Waals surface area (Å²) < 4.78 is 33.1. The third kappa shape index (κ3) is 5.63. The predicted molar refractivity (Wildman–Crippen MR) is 124 cm³/mol. The van der Waals surface area contributed by atoms with Crippen molar-refractivity contribution in [1.82, 2.24) is 5.43 Å². The minimum absolute atomic E-state index is 0.0371. The largest absolute Gasteiger partial charge is 0.495 e. The van der Waals surface area contributed by atoms with Crippen LogP contribution in [0.1, 0.15) is 10.4 Å². The van der Waals surface area contributed by atoms with Crippen molar-refractivity contribution in [2.45, 2.75) is 11.8 Å². The highest BCUT2D eigenvalue weighted by molar-refractivity contribution is 7.92. The van der Waals surface area contributed by atoms with E-state index in [1.807, 2.05) is 24.4 Å². The van der Waals surface area contributed by atoms with Crippen LogP contribution in [0, 0.1) is 6.92 Å². The van der Waals surface area contributed by atoms with Gasteiger partial charge in [-0.2, -0.15) is 5.10 Å². The minimum Gasteiger partial charge on any atom is -0.495 e. The van der Waals surface area contributed by atoms with Gasteiger partial charge in [0.25, 0.3) is 15.9 Å². The standard InChI is InChI=1S/C21H20ClN3O4S2/c1-15-5-8-18(9-6-15)31(27,28)25(19-12-16(22)7-10-20(19)29-2)14-21(26)24-23-13-17-4-3-11-30-17/h3-13H,14H2,1-2H3,(H,24,26)/b23-13+. The number of nitrogens with one attached hydrogen (secondary N) is 1. The Kier molecular flexibility index (Phi) is 7.32. The molecule has 0 radical (unpaired) electrons. The van der Waals surface area contributed by atoms with Crippen LogP contribution >= 0.6 is 22.9 Å². The second-order valence-corrected chi connectivity index (χ2v) is 9.73. The summed E-state index contributed by atoms with van der Waals surface area (Å²) in [5, 5.41) is 6.08. The number of amides is 1. The van der Waals surface area contributed by atoms with Gasteiger partial charge in [-0.3, -0.25) is 9.10 Å². The van der Waals surface area contributed by atoms with E-state index in [1.54, 1.807) is 24.3 Å². The lowest BCUT2D eigenvalue weighted by atomic mass is 10.2. The van der Waals surface area contributed by atoms with E-state index in [-0.39, 0.29) is 16.3 Å². The fourth-order valence-corrected chi connectivity index (χ4v) is 4.87. The molecule has 31 heavy (non-hydrogen) atoms. The Hall–Kier alpha value is -2.88.